The van der Waals surface area contributed by atoms with E-state index in [0.29, 0.717) is 18.5 Å². The minimum atomic E-state index is -0.436. The lowest BCUT2D eigenvalue weighted by Gasteiger charge is -2.23. The molecule has 1 amide bonds. The van der Waals surface area contributed by atoms with Crippen LogP contribution in [0.1, 0.15) is 129 Å². The number of hydrogen-bond acceptors (Lipinski definition) is 4. The van der Waals surface area contributed by atoms with E-state index in [1.54, 1.807) is 0 Å². The van der Waals surface area contributed by atoms with Gasteiger partial charge in [0.15, 0.2) is 0 Å². The molecule has 1 N–H and O–H groups in total. The van der Waals surface area contributed by atoms with Crippen LogP contribution in [0.15, 0.2) is 12.2 Å². The molecule has 0 heterocycles. The molecular weight excluding hydrogens is 544 g/mol. The fraction of sp³-hybridized carbons (Fsp3) is 0.871. The number of hydrogen-bond donors (Lipinski definition) is 1. The Hall–Kier alpha value is -1.08. The molecule has 0 radical (unpaired) electrons. The quantitative estimate of drug-likeness (QED) is 0.0656. The molecular formula is C31H61BrN2O4. The van der Waals surface area contributed by atoms with Crippen LogP contribution in [0.4, 0.5) is 4.79 Å². The second-order valence-electron chi connectivity index (χ2n) is 11.7. The maximum Gasteiger partial charge on any atom is 0.407 e. The van der Waals surface area contributed by atoms with Gasteiger partial charge in [0.2, 0.25) is 0 Å². The van der Waals surface area contributed by atoms with Gasteiger partial charge in [-0.3, -0.25) is 4.79 Å². The fourth-order valence-corrected chi connectivity index (χ4v) is 4.23. The normalized spacial score (nSPS) is 11.1. The van der Waals surface area contributed by atoms with Crippen LogP contribution in [0, 0.1) is 0 Å². The van der Waals surface area contributed by atoms with Gasteiger partial charge < -0.3 is 36.3 Å². The number of alkyl carbamates (subject to hydrolysis) is 1. The van der Waals surface area contributed by atoms with Crippen molar-refractivity contribution in [2.45, 2.75) is 129 Å². The van der Waals surface area contributed by atoms with Crippen molar-refractivity contribution in [3.8, 4) is 0 Å². The molecule has 6 nitrogen and oxygen atoms in total. The zero-order chi connectivity index (χ0) is 27.6. The van der Waals surface area contributed by atoms with Crippen LogP contribution in [0.2, 0.25) is 0 Å². The van der Waals surface area contributed by atoms with Gasteiger partial charge in [0.25, 0.3) is 0 Å². The number of ether oxygens (including phenoxy) is 2. The van der Waals surface area contributed by atoms with E-state index >= 15 is 0 Å². The van der Waals surface area contributed by atoms with E-state index in [1.807, 2.05) is 0 Å². The van der Waals surface area contributed by atoms with Gasteiger partial charge in [-0.1, -0.05) is 110 Å². The number of unbranched alkanes of at least 4 members (excludes halogenated alkanes) is 16. The first-order chi connectivity index (χ1) is 17.7. The summed E-state index contributed by atoms with van der Waals surface area (Å²) in [5.41, 5.74) is 0.581. The summed E-state index contributed by atoms with van der Waals surface area (Å²) >= 11 is 0. The number of esters is 1. The van der Waals surface area contributed by atoms with Crippen LogP contribution < -0.4 is 22.3 Å². The number of quaternary nitrogens is 1. The molecule has 0 rings (SSSR count). The van der Waals surface area contributed by atoms with Crippen LogP contribution in [-0.4, -0.2) is 64.0 Å². The van der Waals surface area contributed by atoms with E-state index in [-0.39, 0.29) is 36.2 Å². The van der Waals surface area contributed by atoms with Gasteiger partial charge in [0.05, 0.1) is 27.7 Å². The third-order valence-electron chi connectivity index (χ3n) is 6.60. The van der Waals surface area contributed by atoms with Gasteiger partial charge in [0, 0.05) is 13.0 Å². The molecule has 7 heteroatoms. The number of carbonyl (C=O) groups is 2. The number of halogens is 1. The third-order valence-corrected chi connectivity index (χ3v) is 6.60. The molecule has 0 aliphatic carbocycles. The van der Waals surface area contributed by atoms with E-state index < -0.39 is 6.09 Å². The first kappa shape index (κ1) is 39.1. The third kappa shape index (κ3) is 31.1. The number of carbonyl (C=O) groups excluding carboxylic acids is 2. The smallest absolute Gasteiger partial charge is 0.407 e. The highest BCUT2D eigenvalue weighted by molar-refractivity contribution is 5.69. The topological polar surface area (TPSA) is 64.6 Å². The highest BCUT2D eigenvalue weighted by atomic mass is 79.9. The van der Waals surface area contributed by atoms with Crippen molar-refractivity contribution in [1.29, 1.82) is 0 Å². The number of nitrogens with zero attached hydrogens (tertiary/aromatic N) is 1. The lowest BCUT2D eigenvalue weighted by atomic mass is 10.0. The molecule has 0 aromatic carbocycles. The Bertz CT molecular complexity index is 579. The molecule has 0 fully saturated rings. The number of rotatable bonds is 26. The van der Waals surface area contributed by atoms with Gasteiger partial charge in [0.1, 0.15) is 13.2 Å². The average molecular weight is 606 g/mol. The molecule has 0 aromatic rings. The van der Waals surface area contributed by atoms with Crippen molar-refractivity contribution in [2.75, 3.05) is 47.4 Å². The second-order valence-corrected chi connectivity index (χ2v) is 11.7. The summed E-state index contributed by atoms with van der Waals surface area (Å²) < 4.78 is 11.3. The van der Waals surface area contributed by atoms with E-state index in [9.17, 15) is 9.59 Å². The average Bonchev–Trinajstić information content (AvgIpc) is 2.85. The van der Waals surface area contributed by atoms with Crippen LogP contribution in [0.3, 0.4) is 0 Å². The van der Waals surface area contributed by atoms with Crippen LogP contribution in [0.25, 0.3) is 0 Å². The van der Waals surface area contributed by atoms with Crippen LogP contribution in [0.5, 0.6) is 0 Å². The largest absolute Gasteiger partial charge is 1.00 e. The predicted molar refractivity (Wildman–Crippen MR) is 156 cm³/mol. The van der Waals surface area contributed by atoms with Gasteiger partial charge in [-0.15, -0.1) is 0 Å². The fourth-order valence-electron chi connectivity index (χ4n) is 4.23. The van der Waals surface area contributed by atoms with Crippen molar-refractivity contribution in [2.24, 2.45) is 0 Å². The molecule has 0 bridgehead atoms. The Morgan fingerprint density at radius 2 is 1.11 bits per heavy atom. The van der Waals surface area contributed by atoms with Crippen molar-refractivity contribution in [3.05, 3.63) is 12.2 Å². The molecule has 0 spiro atoms. The SMILES string of the molecule is C=C(COC(=O)CCCC[N+](C)(C)C)COC(=O)NCCCCCCCCCCCCCCCCCC.[Br-]. The first-order valence-electron chi connectivity index (χ1n) is 15.3. The molecule has 226 valence electrons. The molecule has 0 atom stereocenters. The second kappa shape index (κ2) is 27.5. The van der Waals surface area contributed by atoms with Crippen molar-refractivity contribution in [1.82, 2.24) is 5.32 Å². The van der Waals surface area contributed by atoms with Crippen molar-refractivity contribution in [3.63, 3.8) is 0 Å². The van der Waals surface area contributed by atoms with E-state index in [1.165, 1.54) is 89.9 Å². The Balaban J connectivity index is 0. The van der Waals surface area contributed by atoms with Gasteiger partial charge in [-0.25, -0.2) is 4.79 Å². The zero-order valence-corrected chi connectivity index (χ0v) is 27.0. The van der Waals surface area contributed by atoms with E-state index in [0.717, 1.165) is 36.7 Å². The monoisotopic (exact) mass is 604 g/mol. The van der Waals surface area contributed by atoms with Gasteiger partial charge >= 0.3 is 12.1 Å². The molecule has 0 unspecified atom stereocenters. The lowest BCUT2D eigenvalue weighted by Crippen LogP contribution is -3.00. The lowest BCUT2D eigenvalue weighted by molar-refractivity contribution is -0.870. The van der Waals surface area contributed by atoms with Crippen molar-refractivity contribution < 1.29 is 40.5 Å². The molecule has 38 heavy (non-hydrogen) atoms. The molecule has 0 aliphatic rings. The standard InChI is InChI=1S/C31H60N2O4.BrH/c1-6-7-8-9-10-11-12-13-14-15-16-17-18-19-20-22-25-32-31(35)37-28-29(2)27-36-30(34)24-21-23-26-33(3,4)5;/h2,6-28H2,1,3-5H3;1H. The summed E-state index contributed by atoms with van der Waals surface area (Å²) in [6, 6.07) is 0. The van der Waals surface area contributed by atoms with Crippen LogP contribution in [-0.2, 0) is 14.3 Å². The first-order valence-corrected chi connectivity index (χ1v) is 15.3. The van der Waals surface area contributed by atoms with E-state index in [4.69, 9.17) is 9.47 Å². The summed E-state index contributed by atoms with van der Waals surface area (Å²) in [5.74, 6) is -0.226. The van der Waals surface area contributed by atoms with Gasteiger partial charge in [-0.2, -0.15) is 0 Å². The maximum atomic E-state index is 11.8. The van der Waals surface area contributed by atoms with Crippen molar-refractivity contribution >= 4 is 12.1 Å². The Kier molecular flexibility index (Phi) is 28.3. The minimum absolute atomic E-state index is 0. The summed E-state index contributed by atoms with van der Waals surface area (Å²) in [6.45, 7) is 7.93. The summed E-state index contributed by atoms with van der Waals surface area (Å²) in [4.78, 5) is 23.6. The zero-order valence-electron chi connectivity index (χ0n) is 25.4. The Labute approximate surface area is 246 Å². The Morgan fingerprint density at radius 3 is 1.58 bits per heavy atom. The molecule has 0 aliphatic heterocycles. The Morgan fingerprint density at radius 1 is 0.658 bits per heavy atom. The summed E-state index contributed by atoms with van der Waals surface area (Å²) in [6.07, 6.45) is 23.1. The summed E-state index contributed by atoms with van der Waals surface area (Å²) in [5, 5.41) is 2.79. The maximum absolute atomic E-state index is 11.8. The minimum Gasteiger partial charge on any atom is -1.00 e. The summed E-state index contributed by atoms with van der Waals surface area (Å²) in [7, 11) is 6.42. The van der Waals surface area contributed by atoms with E-state index in [2.05, 4.69) is 40.0 Å². The van der Waals surface area contributed by atoms with Crippen LogP contribution >= 0.6 is 0 Å². The number of nitrogens with one attached hydrogen (secondary N) is 1. The molecule has 0 aromatic heterocycles. The van der Waals surface area contributed by atoms with Gasteiger partial charge in [-0.05, 0) is 24.8 Å². The molecule has 0 saturated heterocycles. The number of amides is 1. The molecule has 0 saturated carbocycles. The highest BCUT2D eigenvalue weighted by Crippen LogP contribution is 2.13. The highest BCUT2D eigenvalue weighted by Gasteiger charge is 2.09. The predicted octanol–water partition coefficient (Wildman–Crippen LogP) is 4.95.